The van der Waals surface area contributed by atoms with E-state index < -0.39 is 0 Å². The Morgan fingerprint density at radius 2 is 1.93 bits per heavy atom. The molecule has 3 heterocycles. The van der Waals surface area contributed by atoms with Gasteiger partial charge in [-0.3, -0.25) is 19.1 Å². The SMILES string of the molecule is CC(=O)n1cc2c3c(cccc31)C1=CC(C(=O)N3CCCC3)CN(C)C1C2. The highest BCUT2D eigenvalue weighted by atomic mass is 16.2. The molecule has 1 aliphatic carbocycles. The van der Waals surface area contributed by atoms with Crippen LogP contribution in [0.1, 0.15) is 35.7 Å². The third-order valence-electron chi connectivity index (χ3n) is 6.46. The van der Waals surface area contributed by atoms with Gasteiger partial charge >= 0.3 is 0 Å². The lowest BCUT2D eigenvalue weighted by Crippen LogP contribution is -2.47. The number of benzene rings is 1. The van der Waals surface area contributed by atoms with Gasteiger partial charge in [-0.15, -0.1) is 0 Å². The first-order chi connectivity index (χ1) is 13.0. The van der Waals surface area contributed by atoms with Crippen LogP contribution in [0, 0.1) is 5.92 Å². The molecule has 2 unspecified atom stereocenters. The summed E-state index contributed by atoms with van der Waals surface area (Å²) >= 11 is 0. The van der Waals surface area contributed by atoms with Crippen LogP contribution in [0.3, 0.4) is 0 Å². The Hall–Kier alpha value is -2.40. The third-order valence-corrected chi connectivity index (χ3v) is 6.46. The lowest BCUT2D eigenvalue weighted by atomic mass is 9.79. The Labute approximate surface area is 159 Å². The molecule has 2 aliphatic heterocycles. The summed E-state index contributed by atoms with van der Waals surface area (Å²) in [6.45, 7) is 4.17. The number of hydrogen-bond donors (Lipinski definition) is 0. The van der Waals surface area contributed by atoms with Crippen molar-refractivity contribution in [1.82, 2.24) is 14.4 Å². The summed E-state index contributed by atoms with van der Waals surface area (Å²) in [5.41, 5.74) is 4.64. The maximum absolute atomic E-state index is 13.0. The lowest BCUT2D eigenvalue weighted by molar-refractivity contribution is -0.133. The minimum atomic E-state index is -0.0777. The molecular formula is C22H25N3O2. The quantitative estimate of drug-likeness (QED) is 0.783. The van der Waals surface area contributed by atoms with Gasteiger partial charge in [0.15, 0.2) is 0 Å². The zero-order valence-corrected chi connectivity index (χ0v) is 15.9. The van der Waals surface area contributed by atoms with Crippen molar-refractivity contribution in [3.8, 4) is 0 Å². The number of nitrogens with zero attached hydrogens (tertiary/aromatic N) is 3. The van der Waals surface area contributed by atoms with Gasteiger partial charge in [0, 0.05) is 44.2 Å². The fraction of sp³-hybridized carbons (Fsp3) is 0.455. The van der Waals surface area contributed by atoms with Gasteiger partial charge in [0.25, 0.3) is 0 Å². The molecule has 5 rings (SSSR count). The molecule has 5 heteroatoms. The van der Waals surface area contributed by atoms with Crippen molar-refractivity contribution in [2.24, 2.45) is 5.92 Å². The van der Waals surface area contributed by atoms with Crippen molar-refractivity contribution in [3.63, 3.8) is 0 Å². The van der Waals surface area contributed by atoms with E-state index in [4.69, 9.17) is 0 Å². The average molecular weight is 363 g/mol. The second-order valence-electron chi connectivity index (χ2n) is 8.16. The zero-order valence-electron chi connectivity index (χ0n) is 15.9. The minimum Gasteiger partial charge on any atom is -0.342 e. The highest BCUT2D eigenvalue weighted by Gasteiger charge is 2.37. The lowest BCUT2D eigenvalue weighted by Gasteiger charge is -2.40. The Morgan fingerprint density at radius 1 is 1.15 bits per heavy atom. The van der Waals surface area contributed by atoms with Gasteiger partial charge in [0.1, 0.15) is 0 Å². The van der Waals surface area contributed by atoms with Crippen LogP contribution in [0.2, 0.25) is 0 Å². The number of carbonyl (C=O) groups excluding carboxylic acids is 2. The highest BCUT2D eigenvalue weighted by Crippen LogP contribution is 2.41. The molecule has 1 aromatic carbocycles. The van der Waals surface area contributed by atoms with E-state index in [2.05, 4.69) is 24.1 Å². The van der Waals surface area contributed by atoms with Crippen molar-refractivity contribution < 1.29 is 9.59 Å². The van der Waals surface area contributed by atoms with Crippen molar-refractivity contribution in [2.45, 2.75) is 32.2 Å². The summed E-state index contributed by atoms with van der Waals surface area (Å²) in [6, 6.07) is 6.46. The van der Waals surface area contributed by atoms with E-state index in [0.717, 1.165) is 44.4 Å². The van der Waals surface area contributed by atoms with E-state index in [-0.39, 0.29) is 23.8 Å². The number of rotatable bonds is 1. The van der Waals surface area contributed by atoms with Crippen LogP contribution in [0.15, 0.2) is 30.5 Å². The van der Waals surface area contributed by atoms with Crippen molar-refractivity contribution >= 4 is 28.3 Å². The molecule has 0 spiro atoms. The molecule has 1 aromatic heterocycles. The van der Waals surface area contributed by atoms with Crippen molar-refractivity contribution in [1.29, 1.82) is 0 Å². The van der Waals surface area contributed by atoms with Crippen LogP contribution in [0.5, 0.6) is 0 Å². The number of carbonyl (C=O) groups is 2. The smallest absolute Gasteiger partial charge is 0.230 e. The van der Waals surface area contributed by atoms with Crippen LogP contribution in [0.4, 0.5) is 0 Å². The molecule has 0 N–H and O–H groups in total. The van der Waals surface area contributed by atoms with Gasteiger partial charge in [0.05, 0.1) is 11.4 Å². The minimum absolute atomic E-state index is 0.0395. The average Bonchev–Trinajstić information content (AvgIpc) is 3.31. The predicted molar refractivity (Wildman–Crippen MR) is 106 cm³/mol. The molecule has 0 saturated carbocycles. The molecule has 0 bridgehead atoms. The van der Waals surface area contributed by atoms with Gasteiger partial charge in [-0.05, 0) is 49.1 Å². The van der Waals surface area contributed by atoms with E-state index in [9.17, 15) is 9.59 Å². The molecule has 2 atom stereocenters. The Morgan fingerprint density at radius 3 is 2.67 bits per heavy atom. The summed E-state index contributed by atoms with van der Waals surface area (Å²) in [5.74, 6) is 0.230. The maximum atomic E-state index is 13.0. The Balaban J connectivity index is 1.62. The largest absolute Gasteiger partial charge is 0.342 e. The van der Waals surface area contributed by atoms with Crippen LogP contribution >= 0.6 is 0 Å². The molecule has 1 fully saturated rings. The summed E-state index contributed by atoms with van der Waals surface area (Å²) in [4.78, 5) is 29.4. The Bertz CT molecular complexity index is 981. The summed E-state index contributed by atoms with van der Waals surface area (Å²) < 4.78 is 1.76. The van der Waals surface area contributed by atoms with E-state index in [1.165, 1.54) is 22.1 Å². The molecule has 5 nitrogen and oxygen atoms in total. The fourth-order valence-corrected chi connectivity index (χ4v) is 5.14. The van der Waals surface area contributed by atoms with E-state index in [1.807, 2.05) is 23.2 Å². The van der Waals surface area contributed by atoms with Crippen LogP contribution in [-0.4, -0.2) is 58.9 Å². The highest BCUT2D eigenvalue weighted by molar-refractivity contribution is 6.03. The summed E-state index contributed by atoms with van der Waals surface area (Å²) in [6.07, 6.45) is 7.35. The monoisotopic (exact) mass is 363 g/mol. The second-order valence-corrected chi connectivity index (χ2v) is 8.16. The van der Waals surface area contributed by atoms with Gasteiger partial charge < -0.3 is 4.90 Å². The molecule has 27 heavy (non-hydrogen) atoms. The van der Waals surface area contributed by atoms with Gasteiger partial charge in [-0.2, -0.15) is 0 Å². The standard InChI is InChI=1S/C22H25N3O2/c1-14(26)25-13-15-11-20-18(17-6-5-7-19(25)21(15)17)10-16(12-23(20)2)22(27)24-8-3-4-9-24/h5-7,10,13,16,20H,3-4,8-9,11-12H2,1-2H3. The molecule has 1 amide bonds. The Kier molecular flexibility index (Phi) is 3.76. The fourth-order valence-electron chi connectivity index (χ4n) is 5.14. The van der Waals surface area contributed by atoms with Crippen LogP contribution in [-0.2, 0) is 11.2 Å². The van der Waals surface area contributed by atoms with Crippen molar-refractivity contribution in [3.05, 3.63) is 41.6 Å². The number of fused-ring (bicyclic) bond motifs is 2. The molecule has 1 saturated heterocycles. The number of hydrogen-bond acceptors (Lipinski definition) is 3. The van der Waals surface area contributed by atoms with Gasteiger partial charge in [-0.1, -0.05) is 18.2 Å². The van der Waals surface area contributed by atoms with E-state index >= 15 is 0 Å². The third kappa shape index (κ3) is 2.48. The van der Waals surface area contributed by atoms with Gasteiger partial charge in [0.2, 0.25) is 11.8 Å². The molecule has 2 aromatic rings. The zero-order chi connectivity index (χ0) is 18.7. The van der Waals surface area contributed by atoms with E-state index in [0.29, 0.717) is 0 Å². The molecule has 140 valence electrons. The van der Waals surface area contributed by atoms with E-state index in [1.54, 1.807) is 11.5 Å². The number of likely N-dealkylation sites (tertiary alicyclic amines) is 1. The molecular weight excluding hydrogens is 338 g/mol. The van der Waals surface area contributed by atoms with Gasteiger partial charge in [-0.25, -0.2) is 0 Å². The first-order valence-corrected chi connectivity index (χ1v) is 9.89. The normalized spacial score (nSPS) is 24.8. The predicted octanol–water partition coefficient (Wildman–Crippen LogP) is 2.79. The number of amides is 1. The van der Waals surface area contributed by atoms with Crippen molar-refractivity contribution in [2.75, 3.05) is 26.7 Å². The maximum Gasteiger partial charge on any atom is 0.230 e. The molecule has 3 aliphatic rings. The number of aromatic nitrogens is 1. The summed E-state index contributed by atoms with van der Waals surface area (Å²) in [5, 5.41) is 1.18. The first kappa shape index (κ1) is 16.8. The van der Waals surface area contributed by atoms with Crippen LogP contribution in [0.25, 0.3) is 16.5 Å². The second kappa shape index (κ2) is 6.06. The topological polar surface area (TPSA) is 45.6 Å². The first-order valence-electron chi connectivity index (χ1n) is 9.89. The van der Waals surface area contributed by atoms with Crippen LogP contribution < -0.4 is 0 Å². The summed E-state index contributed by atoms with van der Waals surface area (Å²) in [7, 11) is 2.12. The molecule has 0 radical (unpaired) electrons. The number of likely N-dealkylation sites (N-methyl/N-ethyl adjacent to an activating group) is 1.